The average molecular weight is 143 g/mol. The van der Waals surface area contributed by atoms with Crippen LogP contribution in [0.1, 0.15) is 26.2 Å². The molecule has 3 nitrogen and oxygen atoms in total. The lowest BCUT2D eigenvalue weighted by Gasteiger charge is -2.23. The molecule has 0 radical (unpaired) electrons. The van der Waals surface area contributed by atoms with Crippen molar-refractivity contribution >= 4 is 0 Å². The van der Waals surface area contributed by atoms with E-state index in [9.17, 15) is 0 Å². The second-order valence-electron chi connectivity index (χ2n) is 3.14. The normalized spacial score (nSPS) is 31.2. The van der Waals surface area contributed by atoms with E-state index in [0.29, 0.717) is 0 Å². The average Bonchev–Trinajstić information content (AvgIpc) is 1.84. The van der Waals surface area contributed by atoms with E-state index in [1.54, 1.807) is 5.12 Å². The predicted octanol–water partition coefficient (Wildman–Crippen LogP) is 0.487. The quantitative estimate of drug-likeness (QED) is 0.485. The second kappa shape index (κ2) is 3.91. The highest BCUT2D eigenvalue weighted by Gasteiger charge is 2.07. The Kier molecular flexibility index (Phi) is 3.12. The fourth-order valence-electron chi connectivity index (χ4n) is 1.29. The molecule has 0 amide bonds. The van der Waals surface area contributed by atoms with E-state index in [0.717, 1.165) is 19.0 Å². The highest BCUT2D eigenvalue weighted by molar-refractivity contribution is 4.59. The standard InChI is InChI=1S/C7H17N3/c1-7-3-2-6-10(8)9-5-4-7/h7,9H,2-6,8H2,1H3. The zero-order chi connectivity index (χ0) is 7.40. The molecule has 1 atom stereocenters. The maximum atomic E-state index is 5.57. The molecule has 1 unspecified atom stereocenters. The number of rotatable bonds is 0. The first kappa shape index (κ1) is 7.98. The summed E-state index contributed by atoms with van der Waals surface area (Å²) in [6.07, 6.45) is 3.77. The van der Waals surface area contributed by atoms with Crippen molar-refractivity contribution in [1.82, 2.24) is 10.5 Å². The van der Waals surface area contributed by atoms with Crippen LogP contribution in [0.5, 0.6) is 0 Å². The Hall–Kier alpha value is -0.120. The lowest BCUT2D eigenvalue weighted by molar-refractivity contribution is 0.163. The van der Waals surface area contributed by atoms with Gasteiger partial charge in [0.15, 0.2) is 0 Å². The molecule has 1 heterocycles. The lowest BCUT2D eigenvalue weighted by Crippen LogP contribution is -2.46. The van der Waals surface area contributed by atoms with Gasteiger partial charge in [-0.05, 0) is 25.2 Å². The number of nitrogens with one attached hydrogen (secondary N) is 1. The summed E-state index contributed by atoms with van der Waals surface area (Å²) in [7, 11) is 0. The van der Waals surface area contributed by atoms with Gasteiger partial charge in [-0.1, -0.05) is 6.92 Å². The Morgan fingerprint density at radius 2 is 2.30 bits per heavy atom. The van der Waals surface area contributed by atoms with E-state index >= 15 is 0 Å². The van der Waals surface area contributed by atoms with Gasteiger partial charge in [0.25, 0.3) is 0 Å². The Bertz CT molecular complexity index is 74.9. The summed E-state index contributed by atoms with van der Waals surface area (Å²) < 4.78 is 0. The predicted molar refractivity (Wildman–Crippen MR) is 41.9 cm³/mol. The van der Waals surface area contributed by atoms with Crippen LogP contribution in [0, 0.1) is 5.92 Å². The smallest absolute Gasteiger partial charge is 0.0285 e. The maximum Gasteiger partial charge on any atom is 0.0285 e. The minimum absolute atomic E-state index is 0.862. The van der Waals surface area contributed by atoms with E-state index in [2.05, 4.69) is 12.3 Å². The molecule has 1 aliphatic heterocycles. The zero-order valence-electron chi connectivity index (χ0n) is 6.64. The summed E-state index contributed by atoms with van der Waals surface area (Å²) in [5.41, 5.74) is 3.13. The molecule has 3 heteroatoms. The number of hydrogen-bond donors (Lipinski definition) is 2. The van der Waals surface area contributed by atoms with Crippen molar-refractivity contribution in [2.75, 3.05) is 13.1 Å². The van der Waals surface area contributed by atoms with Gasteiger partial charge in [-0.3, -0.25) is 5.84 Å². The molecule has 1 aliphatic rings. The monoisotopic (exact) mass is 143 g/mol. The minimum atomic E-state index is 0.862. The van der Waals surface area contributed by atoms with Crippen LogP contribution >= 0.6 is 0 Å². The van der Waals surface area contributed by atoms with Crippen molar-refractivity contribution in [3.05, 3.63) is 0 Å². The largest absolute Gasteiger partial charge is 0.255 e. The molecule has 0 aromatic rings. The van der Waals surface area contributed by atoms with Crippen LogP contribution in [-0.2, 0) is 0 Å². The van der Waals surface area contributed by atoms with Crippen molar-refractivity contribution in [3.8, 4) is 0 Å². The fraction of sp³-hybridized carbons (Fsp3) is 1.00. The van der Waals surface area contributed by atoms with E-state index < -0.39 is 0 Å². The van der Waals surface area contributed by atoms with Gasteiger partial charge in [-0.2, -0.15) is 5.12 Å². The van der Waals surface area contributed by atoms with E-state index in [1.807, 2.05) is 0 Å². The third-order valence-corrected chi connectivity index (χ3v) is 2.05. The highest BCUT2D eigenvalue weighted by atomic mass is 15.7. The summed E-state index contributed by atoms with van der Waals surface area (Å²) in [5, 5.41) is 1.70. The first-order valence-electron chi connectivity index (χ1n) is 4.05. The molecule has 3 N–H and O–H groups in total. The first-order chi connectivity index (χ1) is 4.79. The number of nitrogens with zero attached hydrogens (tertiary/aromatic N) is 1. The molecule has 0 aromatic carbocycles. The molecule has 10 heavy (non-hydrogen) atoms. The zero-order valence-corrected chi connectivity index (χ0v) is 6.64. The van der Waals surface area contributed by atoms with Gasteiger partial charge in [-0.25, -0.2) is 5.43 Å². The Balaban J connectivity index is 2.21. The molecule has 0 spiro atoms. The van der Waals surface area contributed by atoms with Gasteiger partial charge in [0.05, 0.1) is 0 Å². The van der Waals surface area contributed by atoms with Gasteiger partial charge in [0, 0.05) is 13.1 Å². The van der Waals surface area contributed by atoms with Crippen LogP contribution < -0.4 is 11.3 Å². The summed E-state index contributed by atoms with van der Waals surface area (Å²) in [6.45, 7) is 4.30. The maximum absolute atomic E-state index is 5.57. The van der Waals surface area contributed by atoms with Crippen LogP contribution in [0.25, 0.3) is 0 Å². The molecular weight excluding hydrogens is 126 g/mol. The van der Waals surface area contributed by atoms with Crippen molar-refractivity contribution < 1.29 is 0 Å². The lowest BCUT2D eigenvalue weighted by atomic mass is 10.0. The van der Waals surface area contributed by atoms with Crippen molar-refractivity contribution in [1.29, 1.82) is 0 Å². The Labute approximate surface area is 62.5 Å². The van der Waals surface area contributed by atoms with Crippen molar-refractivity contribution in [3.63, 3.8) is 0 Å². The highest BCUT2D eigenvalue weighted by Crippen LogP contribution is 2.10. The summed E-state index contributed by atoms with van der Waals surface area (Å²) in [6, 6.07) is 0. The van der Waals surface area contributed by atoms with E-state index in [4.69, 9.17) is 5.84 Å². The molecule has 1 saturated heterocycles. The Morgan fingerprint density at radius 3 is 3.10 bits per heavy atom. The van der Waals surface area contributed by atoms with Crippen LogP contribution in [0.15, 0.2) is 0 Å². The third kappa shape index (κ3) is 2.64. The molecule has 1 rings (SSSR count). The molecule has 0 aliphatic carbocycles. The second-order valence-corrected chi connectivity index (χ2v) is 3.14. The van der Waals surface area contributed by atoms with Crippen molar-refractivity contribution in [2.24, 2.45) is 11.8 Å². The third-order valence-electron chi connectivity index (χ3n) is 2.05. The van der Waals surface area contributed by atoms with Gasteiger partial charge >= 0.3 is 0 Å². The van der Waals surface area contributed by atoms with Crippen LogP contribution in [-0.4, -0.2) is 18.2 Å². The van der Waals surface area contributed by atoms with Gasteiger partial charge < -0.3 is 0 Å². The van der Waals surface area contributed by atoms with E-state index in [1.165, 1.54) is 19.3 Å². The molecular formula is C7H17N3. The van der Waals surface area contributed by atoms with Gasteiger partial charge in [0.2, 0.25) is 0 Å². The Morgan fingerprint density at radius 1 is 1.50 bits per heavy atom. The van der Waals surface area contributed by atoms with Crippen LogP contribution in [0.2, 0.25) is 0 Å². The molecule has 1 fully saturated rings. The first-order valence-corrected chi connectivity index (χ1v) is 4.05. The number of hydrogen-bond acceptors (Lipinski definition) is 3. The fourth-order valence-corrected chi connectivity index (χ4v) is 1.29. The summed E-state index contributed by atoms with van der Waals surface area (Å²) >= 11 is 0. The summed E-state index contributed by atoms with van der Waals surface area (Å²) in [5.74, 6) is 6.43. The molecule has 0 bridgehead atoms. The number of hydrazine groups is 2. The van der Waals surface area contributed by atoms with Gasteiger partial charge in [0.1, 0.15) is 0 Å². The molecule has 0 saturated carbocycles. The van der Waals surface area contributed by atoms with Crippen LogP contribution in [0.4, 0.5) is 0 Å². The molecule has 60 valence electrons. The van der Waals surface area contributed by atoms with Gasteiger partial charge in [-0.15, -0.1) is 0 Å². The number of nitrogens with two attached hydrogens (primary N) is 1. The van der Waals surface area contributed by atoms with Crippen molar-refractivity contribution in [2.45, 2.75) is 26.2 Å². The SMILES string of the molecule is CC1CCCN(N)NCC1. The minimum Gasteiger partial charge on any atom is -0.255 e. The topological polar surface area (TPSA) is 41.3 Å². The summed E-state index contributed by atoms with van der Waals surface area (Å²) in [4.78, 5) is 0. The van der Waals surface area contributed by atoms with E-state index in [-0.39, 0.29) is 0 Å². The van der Waals surface area contributed by atoms with Crippen LogP contribution in [0.3, 0.4) is 0 Å². The molecule has 0 aromatic heterocycles.